The molecule has 1 aromatic carbocycles. The Bertz CT molecular complexity index is 1040. The number of pyridine rings is 1. The normalized spacial score (nSPS) is 26.1. The topological polar surface area (TPSA) is 88.6 Å². The molecule has 3 N–H and O–H groups in total. The SMILES string of the molecule is Cc1c(N2CC3(CC3)[C@](C)(N)C2)ccc2c(=O)c(C(=O)O)cn(C3CC3)c12. The fourth-order valence-corrected chi connectivity index (χ4v) is 4.96. The van der Waals surface area contributed by atoms with Gasteiger partial charge in [-0.15, -0.1) is 0 Å². The Hall–Kier alpha value is -2.34. The van der Waals surface area contributed by atoms with E-state index in [9.17, 15) is 14.7 Å². The van der Waals surface area contributed by atoms with Crippen molar-refractivity contribution in [3.05, 3.63) is 39.7 Å². The van der Waals surface area contributed by atoms with E-state index in [-0.39, 0.29) is 22.6 Å². The van der Waals surface area contributed by atoms with Gasteiger partial charge in [0, 0.05) is 47.4 Å². The summed E-state index contributed by atoms with van der Waals surface area (Å²) in [6.45, 7) is 5.95. The lowest BCUT2D eigenvalue weighted by Crippen LogP contribution is -2.45. The number of fused-ring (bicyclic) bond motifs is 1. The first-order chi connectivity index (χ1) is 12.7. The van der Waals surface area contributed by atoms with Crippen LogP contribution in [0, 0.1) is 12.3 Å². The zero-order valence-electron chi connectivity index (χ0n) is 15.8. The Kier molecular flexibility index (Phi) is 3.19. The van der Waals surface area contributed by atoms with Gasteiger partial charge in [-0.3, -0.25) is 4.79 Å². The third kappa shape index (κ3) is 2.29. The van der Waals surface area contributed by atoms with E-state index >= 15 is 0 Å². The first-order valence-corrected chi connectivity index (χ1v) is 9.70. The minimum atomic E-state index is -1.16. The first kappa shape index (κ1) is 16.8. The molecule has 142 valence electrons. The smallest absolute Gasteiger partial charge is 0.341 e. The fourth-order valence-electron chi connectivity index (χ4n) is 4.96. The van der Waals surface area contributed by atoms with Crippen LogP contribution in [0.5, 0.6) is 0 Å². The number of benzene rings is 1. The Morgan fingerprint density at radius 2 is 1.96 bits per heavy atom. The third-order valence-electron chi connectivity index (χ3n) is 7.01. The molecule has 1 spiro atoms. The predicted octanol–water partition coefficient (Wildman–Crippen LogP) is 2.66. The van der Waals surface area contributed by atoms with Crippen LogP contribution >= 0.6 is 0 Å². The number of anilines is 1. The molecule has 3 aliphatic rings. The molecule has 27 heavy (non-hydrogen) atoms. The molecule has 3 fully saturated rings. The average molecular weight is 367 g/mol. The molecule has 0 amide bonds. The second-order valence-corrected chi connectivity index (χ2v) is 8.98. The molecule has 2 heterocycles. The highest BCUT2D eigenvalue weighted by molar-refractivity contribution is 5.95. The second kappa shape index (κ2) is 5.13. The van der Waals surface area contributed by atoms with Crippen LogP contribution in [0.1, 0.15) is 54.6 Å². The van der Waals surface area contributed by atoms with E-state index in [4.69, 9.17) is 5.73 Å². The molecule has 1 aromatic heterocycles. The van der Waals surface area contributed by atoms with Gasteiger partial charge in [0.25, 0.3) is 0 Å². The minimum absolute atomic E-state index is 0.144. The van der Waals surface area contributed by atoms with Gasteiger partial charge in [-0.1, -0.05) is 0 Å². The summed E-state index contributed by atoms with van der Waals surface area (Å²) in [5.41, 5.74) is 9.13. The van der Waals surface area contributed by atoms with E-state index in [1.54, 1.807) is 12.3 Å². The van der Waals surface area contributed by atoms with Gasteiger partial charge in [0.05, 0.1) is 5.52 Å². The molecule has 0 unspecified atom stereocenters. The molecule has 1 atom stereocenters. The van der Waals surface area contributed by atoms with Gasteiger partial charge >= 0.3 is 5.97 Å². The van der Waals surface area contributed by atoms with Crippen molar-refractivity contribution in [1.82, 2.24) is 4.57 Å². The molecule has 6 nitrogen and oxygen atoms in total. The van der Waals surface area contributed by atoms with Gasteiger partial charge < -0.3 is 20.3 Å². The van der Waals surface area contributed by atoms with E-state index < -0.39 is 11.4 Å². The van der Waals surface area contributed by atoms with E-state index in [0.717, 1.165) is 42.7 Å². The number of carboxylic acids is 1. The summed E-state index contributed by atoms with van der Waals surface area (Å²) in [6, 6.07) is 4.06. The number of aromatic nitrogens is 1. The molecule has 2 saturated carbocycles. The summed E-state index contributed by atoms with van der Waals surface area (Å²) in [5.74, 6) is -1.16. The average Bonchev–Trinajstić information content (AvgIpc) is 3.48. The van der Waals surface area contributed by atoms with Crippen LogP contribution < -0.4 is 16.1 Å². The number of aromatic carboxylic acids is 1. The van der Waals surface area contributed by atoms with Crippen LogP contribution in [0.2, 0.25) is 0 Å². The highest BCUT2D eigenvalue weighted by atomic mass is 16.4. The van der Waals surface area contributed by atoms with Gasteiger partial charge in [-0.05, 0) is 57.2 Å². The molecule has 0 bridgehead atoms. The molecular weight excluding hydrogens is 342 g/mol. The van der Waals surface area contributed by atoms with Crippen molar-refractivity contribution >= 4 is 22.6 Å². The summed E-state index contributed by atoms with van der Waals surface area (Å²) >= 11 is 0. The minimum Gasteiger partial charge on any atom is -0.477 e. The monoisotopic (exact) mass is 367 g/mol. The lowest BCUT2D eigenvalue weighted by Gasteiger charge is -2.25. The van der Waals surface area contributed by atoms with Crippen molar-refractivity contribution in [2.75, 3.05) is 18.0 Å². The van der Waals surface area contributed by atoms with Crippen molar-refractivity contribution < 1.29 is 9.90 Å². The number of carbonyl (C=O) groups is 1. The Morgan fingerprint density at radius 3 is 2.52 bits per heavy atom. The first-order valence-electron chi connectivity index (χ1n) is 9.70. The maximum absolute atomic E-state index is 12.7. The summed E-state index contributed by atoms with van der Waals surface area (Å²) in [4.78, 5) is 26.6. The van der Waals surface area contributed by atoms with Gasteiger partial charge in [-0.25, -0.2) is 4.79 Å². The number of aryl methyl sites for hydroxylation is 1. The van der Waals surface area contributed by atoms with E-state index in [1.807, 2.05) is 17.6 Å². The van der Waals surface area contributed by atoms with Crippen molar-refractivity contribution in [3.63, 3.8) is 0 Å². The summed E-state index contributed by atoms with van der Waals surface area (Å²) in [7, 11) is 0. The van der Waals surface area contributed by atoms with E-state index in [1.165, 1.54) is 12.8 Å². The number of nitrogens with two attached hydrogens (primary N) is 1. The van der Waals surface area contributed by atoms with Gasteiger partial charge in [-0.2, -0.15) is 0 Å². The number of rotatable bonds is 3. The standard InChI is InChI=1S/C21H25N3O3/c1-12-16(23-10-20(2,22)21(11-23)7-8-21)6-5-14-17(12)24(13-3-4-13)9-15(18(14)25)19(26)27/h5-6,9,13H,3-4,7-8,10-11,22H2,1-2H3,(H,26,27)/t20-/m1/s1. The quantitative estimate of drug-likeness (QED) is 0.871. The van der Waals surface area contributed by atoms with Crippen LogP contribution in [0.15, 0.2) is 23.1 Å². The van der Waals surface area contributed by atoms with Gasteiger partial charge in [0.2, 0.25) is 5.43 Å². The number of hydrogen-bond acceptors (Lipinski definition) is 4. The lowest BCUT2D eigenvalue weighted by molar-refractivity contribution is 0.0695. The van der Waals surface area contributed by atoms with Crippen molar-refractivity contribution in [3.8, 4) is 0 Å². The number of carboxylic acid groups (broad SMARTS) is 1. The molecular formula is C21H25N3O3. The Balaban J connectivity index is 1.70. The van der Waals surface area contributed by atoms with Crippen LogP contribution in [0.4, 0.5) is 5.69 Å². The Labute approximate surface area is 157 Å². The fraction of sp³-hybridized carbons (Fsp3) is 0.524. The van der Waals surface area contributed by atoms with Crippen LogP contribution in [0.25, 0.3) is 10.9 Å². The number of hydrogen-bond donors (Lipinski definition) is 2. The number of nitrogens with zero attached hydrogens (tertiary/aromatic N) is 2. The second-order valence-electron chi connectivity index (χ2n) is 8.98. The third-order valence-corrected chi connectivity index (χ3v) is 7.01. The van der Waals surface area contributed by atoms with Crippen molar-refractivity contribution in [2.45, 2.75) is 51.1 Å². The Morgan fingerprint density at radius 1 is 1.26 bits per heavy atom. The molecule has 1 saturated heterocycles. The zero-order valence-corrected chi connectivity index (χ0v) is 15.8. The van der Waals surface area contributed by atoms with Crippen LogP contribution in [0.3, 0.4) is 0 Å². The van der Waals surface area contributed by atoms with E-state index in [2.05, 4.69) is 11.8 Å². The highest BCUT2D eigenvalue weighted by Gasteiger charge is 2.60. The summed E-state index contributed by atoms with van der Waals surface area (Å²) in [5, 5.41) is 9.93. The zero-order chi connectivity index (χ0) is 19.1. The molecule has 5 rings (SSSR count). The molecule has 2 aromatic rings. The largest absolute Gasteiger partial charge is 0.477 e. The molecule has 2 aliphatic carbocycles. The molecule has 0 radical (unpaired) electrons. The van der Waals surface area contributed by atoms with Crippen LogP contribution in [-0.4, -0.2) is 34.3 Å². The maximum atomic E-state index is 12.7. The molecule has 6 heteroatoms. The van der Waals surface area contributed by atoms with Gasteiger partial charge in [0.15, 0.2) is 0 Å². The summed E-state index contributed by atoms with van der Waals surface area (Å²) in [6.07, 6.45) is 5.94. The molecule has 1 aliphatic heterocycles. The van der Waals surface area contributed by atoms with E-state index in [0.29, 0.717) is 5.39 Å². The highest BCUT2D eigenvalue weighted by Crippen LogP contribution is 2.58. The summed E-state index contributed by atoms with van der Waals surface area (Å²) < 4.78 is 2.02. The van der Waals surface area contributed by atoms with Crippen molar-refractivity contribution in [2.24, 2.45) is 11.1 Å². The lowest BCUT2D eigenvalue weighted by atomic mass is 9.87. The van der Waals surface area contributed by atoms with Crippen LogP contribution in [-0.2, 0) is 0 Å². The van der Waals surface area contributed by atoms with Crippen molar-refractivity contribution in [1.29, 1.82) is 0 Å². The predicted molar refractivity (Wildman–Crippen MR) is 105 cm³/mol. The maximum Gasteiger partial charge on any atom is 0.341 e. The van der Waals surface area contributed by atoms with Gasteiger partial charge in [0.1, 0.15) is 5.56 Å².